The molecule has 0 radical (unpaired) electrons. The number of hydrogen-bond acceptors (Lipinski definition) is 4. The van der Waals surface area contributed by atoms with Crippen LogP contribution >= 0.6 is 31.9 Å². The van der Waals surface area contributed by atoms with Gasteiger partial charge in [-0.05, 0) is 64.7 Å². The van der Waals surface area contributed by atoms with E-state index in [2.05, 4.69) is 44.0 Å². The molecule has 0 saturated carbocycles. The zero-order valence-electron chi connectivity index (χ0n) is 19.5. The zero-order chi connectivity index (χ0) is 25.7. The van der Waals surface area contributed by atoms with Crippen molar-refractivity contribution in [1.82, 2.24) is 4.57 Å². The monoisotopic (exact) mass is 609 g/mol. The fourth-order valence-electron chi connectivity index (χ4n) is 4.83. The van der Waals surface area contributed by atoms with Crippen molar-refractivity contribution in [2.45, 2.75) is 33.1 Å². The first-order valence-corrected chi connectivity index (χ1v) is 13.2. The van der Waals surface area contributed by atoms with Crippen LogP contribution in [0, 0.1) is 0 Å². The number of halogens is 2. The van der Waals surface area contributed by atoms with Crippen LogP contribution in [0.3, 0.4) is 0 Å². The summed E-state index contributed by atoms with van der Waals surface area (Å²) >= 11 is 7.25. The van der Waals surface area contributed by atoms with Crippen LogP contribution in [-0.4, -0.2) is 15.6 Å². The molecule has 2 heterocycles. The second-order valence-electron chi connectivity index (χ2n) is 8.31. The van der Waals surface area contributed by atoms with E-state index >= 15 is 0 Å². The Morgan fingerprint density at radius 1 is 0.917 bits per heavy atom. The molecule has 6 rings (SSSR count). The molecule has 0 spiro atoms. The Labute approximate surface area is 221 Å². The standard InChI is InChI=1S/C26H15Br2NO5.C2H6/c27-17-10-15-21-16(11-18(28)24-23(21)22(17)14-3-1-2-4-19(14)34-24)26(33)29(25(15)32)13-7-5-12(6-8-13)9-20(30)31;1-2/h3-8,10-11H,1-2,9H2,(H,30,31);1-2H3. The fraction of sp³-hybridized carbons (Fsp3) is 0.179. The number of rotatable bonds is 3. The van der Waals surface area contributed by atoms with Crippen molar-refractivity contribution in [3.63, 3.8) is 0 Å². The second-order valence-corrected chi connectivity index (χ2v) is 10.0. The van der Waals surface area contributed by atoms with Gasteiger partial charge in [0.05, 0.1) is 27.4 Å². The Hall–Kier alpha value is -3.23. The van der Waals surface area contributed by atoms with Crippen LogP contribution in [0.5, 0.6) is 0 Å². The first-order valence-electron chi connectivity index (χ1n) is 11.6. The molecular formula is C28H21Br2NO5. The largest absolute Gasteiger partial charge is 0.481 e. The SMILES string of the molecule is CC.O=C(O)Cc1ccc(-n2c(=O)c3cc(Br)c4oc5c(c6c(Br)cc(c2=O)c3c46)=CCCC=5)cc1. The van der Waals surface area contributed by atoms with Crippen LogP contribution in [0.2, 0.25) is 0 Å². The summed E-state index contributed by atoms with van der Waals surface area (Å²) in [6.45, 7) is 4.00. The van der Waals surface area contributed by atoms with E-state index in [1.807, 2.05) is 13.8 Å². The topological polar surface area (TPSA) is 89.5 Å². The quantitative estimate of drug-likeness (QED) is 0.283. The summed E-state index contributed by atoms with van der Waals surface area (Å²) in [4.78, 5) is 38.3. The van der Waals surface area contributed by atoms with Gasteiger partial charge in [-0.1, -0.05) is 48.0 Å². The number of nitrogens with zero attached hydrogens (tertiary/aromatic N) is 1. The van der Waals surface area contributed by atoms with Gasteiger partial charge < -0.3 is 9.52 Å². The predicted octanol–water partition coefficient (Wildman–Crippen LogP) is 5.22. The summed E-state index contributed by atoms with van der Waals surface area (Å²) in [5.41, 5.74) is 1.45. The van der Waals surface area contributed by atoms with E-state index in [1.54, 1.807) is 36.4 Å². The minimum atomic E-state index is -0.950. The van der Waals surface area contributed by atoms with Gasteiger partial charge in [-0.2, -0.15) is 0 Å². The Kier molecular flexibility index (Phi) is 6.34. The van der Waals surface area contributed by atoms with Crippen molar-refractivity contribution in [2.24, 2.45) is 0 Å². The highest BCUT2D eigenvalue weighted by Gasteiger charge is 2.23. The lowest BCUT2D eigenvalue weighted by Gasteiger charge is -2.16. The van der Waals surface area contributed by atoms with E-state index < -0.39 is 17.1 Å². The van der Waals surface area contributed by atoms with E-state index in [1.165, 1.54) is 0 Å². The molecule has 1 aliphatic rings. The third kappa shape index (κ3) is 3.71. The van der Waals surface area contributed by atoms with Gasteiger partial charge in [0.25, 0.3) is 11.1 Å². The number of aromatic nitrogens is 1. The molecule has 0 bridgehead atoms. The normalized spacial score (nSPS) is 12.7. The Morgan fingerprint density at radius 3 is 2.17 bits per heavy atom. The molecule has 8 heteroatoms. The summed E-state index contributed by atoms with van der Waals surface area (Å²) in [5, 5.41) is 13.0. The second kappa shape index (κ2) is 9.33. The summed E-state index contributed by atoms with van der Waals surface area (Å²) in [6, 6.07) is 9.90. The number of carboxylic acids is 1. The van der Waals surface area contributed by atoms with Crippen molar-refractivity contribution in [2.75, 3.05) is 0 Å². The van der Waals surface area contributed by atoms with E-state index in [0.717, 1.165) is 43.3 Å². The van der Waals surface area contributed by atoms with Gasteiger partial charge in [0, 0.05) is 25.9 Å². The van der Waals surface area contributed by atoms with E-state index in [4.69, 9.17) is 9.52 Å². The van der Waals surface area contributed by atoms with Crippen LogP contribution < -0.4 is 21.8 Å². The molecular weight excluding hydrogens is 590 g/mol. The number of fused-ring (bicyclic) bond motifs is 2. The van der Waals surface area contributed by atoms with Crippen molar-refractivity contribution in [1.29, 1.82) is 0 Å². The maximum absolute atomic E-state index is 13.6. The molecule has 2 aromatic heterocycles. The number of benzene rings is 3. The van der Waals surface area contributed by atoms with E-state index in [-0.39, 0.29) is 6.42 Å². The van der Waals surface area contributed by atoms with Crippen molar-refractivity contribution < 1.29 is 14.3 Å². The van der Waals surface area contributed by atoms with Gasteiger partial charge in [-0.3, -0.25) is 14.4 Å². The lowest BCUT2D eigenvalue weighted by Crippen LogP contribution is -2.33. The summed E-state index contributed by atoms with van der Waals surface area (Å²) in [5.74, 6) is -0.950. The van der Waals surface area contributed by atoms with Gasteiger partial charge in [0.2, 0.25) is 0 Å². The molecule has 0 fully saturated rings. The minimum Gasteiger partial charge on any atom is -0.481 e. The van der Waals surface area contributed by atoms with Crippen molar-refractivity contribution >= 4 is 82.5 Å². The molecule has 5 aromatic rings. The first kappa shape index (κ1) is 24.5. The molecule has 0 saturated heterocycles. The number of carbonyl (C=O) groups is 1. The van der Waals surface area contributed by atoms with Crippen LogP contribution in [0.1, 0.15) is 32.3 Å². The third-order valence-electron chi connectivity index (χ3n) is 6.27. The molecule has 182 valence electrons. The average Bonchev–Trinajstić information content (AvgIpc) is 2.87. The highest BCUT2D eigenvalue weighted by Crippen LogP contribution is 2.38. The van der Waals surface area contributed by atoms with Gasteiger partial charge in [-0.15, -0.1) is 0 Å². The molecule has 36 heavy (non-hydrogen) atoms. The summed E-state index contributed by atoms with van der Waals surface area (Å²) < 4.78 is 8.76. The molecule has 0 amide bonds. The van der Waals surface area contributed by atoms with E-state index in [9.17, 15) is 14.4 Å². The number of hydrogen-bond donors (Lipinski definition) is 1. The summed E-state index contributed by atoms with van der Waals surface area (Å²) in [7, 11) is 0. The van der Waals surface area contributed by atoms with E-state index in [0.29, 0.717) is 37.5 Å². The fourth-order valence-corrected chi connectivity index (χ4v) is 5.98. The van der Waals surface area contributed by atoms with Gasteiger partial charge in [0.15, 0.2) is 0 Å². The Balaban J connectivity index is 0.00000130. The van der Waals surface area contributed by atoms with Gasteiger partial charge in [-0.25, -0.2) is 4.57 Å². The van der Waals surface area contributed by atoms with Crippen molar-refractivity contribution in [3.05, 3.63) is 82.2 Å². The number of carboxylic acid groups (broad SMARTS) is 1. The van der Waals surface area contributed by atoms with Crippen LogP contribution in [0.4, 0.5) is 0 Å². The Bertz CT molecular complexity index is 1890. The number of pyridine rings is 1. The lowest BCUT2D eigenvalue weighted by atomic mass is 9.96. The van der Waals surface area contributed by atoms with Gasteiger partial charge in [0.1, 0.15) is 11.0 Å². The third-order valence-corrected chi connectivity index (χ3v) is 7.49. The smallest absolute Gasteiger partial charge is 0.307 e. The first-order chi connectivity index (χ1) is 17.3. The van der Waals surface area contributed by atoms with Crippen LogP contribution in [0.15, 0.2) is 59.3 Å². The van der Waals surface area contributed by atoms with Crippen LogP contribution in [0.25, 0.3) is 50.4 Å². The molecule has 1 N–H and O–H groups in total. The lowest BCUT2D eigenvalue weighted by molar-refractivity contribution is -0.136. The predicted molar refractivity (Wildman–Crippen MR) is 150 cm³/mol. The number of aliphatic carboxylic acids is 1. The molecule has 3 aromatic carbocycles. The molecule has 1 aliphatic carbocycles. The highest BCUT2D eigenvalue weighted by atomic mass is 79.9. The average molecular weight is 611 g/mol. The van der Waals surface area contributed by atoms with Crippen LogP contribution in [-0.2, 0) is 11.2 Å². The maximum atomic E-state index is 13.6. The van der Waals surface area contributed by atoms with Gasteiger partial charge >= 0.3 is 5.97 Å². The Morgan fingerprint density at radius 2 is 1.53 bits per heavy atom. The minimum absolute atomic E-state index is 0.137. The molecule has 0 aliphatic heterocycles. The van der Waals surface area contributed by atoms with Crippen molar-refractivity contribution in [3.8, 4) is 5.69 Å². The molecule has 6 nitrogen and oxygen atoms in total. The zero-order valence-corrected chi connectivity index (χ0v) is 22.7. The summed E-state index contributed by atoms with van der Waals surface area (Å²) in [6.07, 6.45) is 5.82. The highest BCUT2D eigenvalue weighted by molar-refractivity contribution is 9.11. The molecule has 0 unspecified atom stereocenters. The molecule has 0 atom stereocenters. The maximum Gasteiger partial charge on any atom is 0.307 e.